The Morgan fingerprint density at radius 1 is 1.25 bits per heavy atom. The number of rotatable bonds is 5. The Balaban J connectivity index is 1.39. The minimum absolute atomic E-state index is 0.0171. The van der Waals surface area contributed by atoms with Crippen LogP contribution in [0.3, 0.4) is 0 Å². The maximum atomic E-state index is 14.2. The molecule has 176 valence electrons. The van der Waals surface area contributed by atoms with Crippen LogP contribution in [0.5, 0.6) is 5.75 Å². The first kappa shape index (κ1) is 22.5. The van der Waals surface area contributed by atoms with Gasteiger partial charge in [-0.2, -0.15) is 0 Å². The van der Waals surface area contributed by atoms with E-state index in [4.69, 9.17) is 0 Å². The number of hydrogen-bond acceptors (Lipinski definition) is 3. The van der Waals surface area contributed by atoms with E-state index >= 15 is 0 Å². The monoisotopic (exact) mass is 458 g/mol. The second-order valence-electron chi connectivity index (χ2n) is 8.89. The van der Waals surface area contributed by atoms with E-state index < -0.39 is 17.9 Å². The van der Waals surface area contributed by atoms with Crippen LogP contribution in [-0.4, -0.2) is 60.4 Å². The Labute approximate surface area is 183 Å². The molecule has 1 spiro atoms. The summed E-state index contributed by atoms with van der Waals surface area (Å²) < 4.78 is 54.7. The Kier molecular flexibility index (Phi) is 5.85. The predicted octanol–water partition coefficient (Wildman–Crippen LogP) is 3.59. The molecular formula is C21H26F4N4O3. The molecule has 1 heterocycles. The molecule has 1 atom stereocenters. The number of carbonyl (C=O) groups excluding carboxylic acids is 2. The summed E-state index contributed by atoms with van der Waals surface area (Å²) in [4.78, 5) is 28.8. The average Bonchev–Trinajstić information content (AvgIpc) is 3.64. The number of nitrogens with one attached hydrogen (secondary N) is 2. The number of halogens is 4. The first-order valence-corrected chi connectivity index (χ1v) is 10.7. The number of urea groups is 2. The van der Waals surface area contributed by atoms with Gasteiger partial charge in [0, 0.05) is 44.4 Å². The summed E-state index contributed by atoms with van der Waals surface area (Å²) in [6.07, 6.45) is -0.151. The standard InChI is InChI=1S/C21H26F4N4O3/c1-26-18(30)29(14-3-4-14)15-9-20(6-7-20)12-28(11-15)19(31)27-10-13-2-5-16(8-17(13)22)32-21(23,24)25/h2,5,8,14-15H,3-4,6-7,9-12H2,1H3,(H,26,30)(H,27,31). The van der Waals surface area contributed by atoms with Crippen molar-refractivity contribution in [3.05, 3.63) is 29.6 Å². The molecule has 4 rings (SSSR count). The molecule has 1 saturated heterocycles. The molecule has 2 aliphatic carbocycles. The number of likely N-dealkylation sites (tertiary alicyclic amines) is 1. The smallest absolute Gasteiger partial charge is 0.406 e. The zero-order valence-corrected chi connectivity index (χ0v) is 17.7. The maximum Gasteiger partial charge on any atom is 0.573 e. The fourth-order valence-corrected chi connectivity index (χ4v) is 4.50. The van der Waals surface area contributed by atoms with Gasteiger partial charge in [-0.3, -0.25) is 0 Å². The third-order valence-corrected chi connectivity index (χ3v) is 6.34. The summed E-state index contributed by atoms with van der Waals surface area (Å²) in [6.45, 7) is 0.785. The number of ether oxygens (including phenoxy) is 1. The number of hydrogen-bond donors (Lipinski definition) is 2. The Bertz CT molecular complexity index is 886. The molecule has 0 bridgehead atoms. The Hall–Kier alpha value is -2.72. The number of carbonyl (C=O) groups is 2. The summed E-state index contributed by atoms with van der Waals surface area (Å²) in [5, 5.41) is 5.35. The van der Waals surface area contributed by atoms with E-state index in [2.05, 4.69) is 15.4 Å². The van der Waals surface area contributed by atoms with Crippen molar-refractivity contribution in [2.75, 3.05) is 20.1 Å². The number of nitrogens with zero attached hydrogens (tertiary/aromatic N) is 2. The number of piperidine rings is 1. The van der Waals surface area contributed by atoms with E-state index in [0.717, 1.165) is 44.2 Å². The van der Waals surface area contributed by atoms with Crippen molar-refractivity contribution in [3.63, 3.8) is 0 Å². The molecule has 1 aromatic rings. The lowest BCUT2D eigenvalue weighted by atomic mass is 9.90. The average molecular weight is 458 g/mol. The molecule has 3 aliphatic rings. The Morgan fingerprint density at radius 2 is 1.97 bits per heavy atom. The van der Waals surface area contributed by atoms with Gasteiger partial charge in [-0.1, -0.05) is 6.07 Å². The largest absolute Gasteiger partial charge is 0.573 e. The molecule has 2 saturated carbocycles. The zero-order valence-electron chi connectivity index (χ0n) is 17.7. The second-order valence-corrected chi connectivity index (χ2v) is 8.89. The molecule has 2 N–H and O–H groups in total. The fraction of sp³-hybridized carbons (Fsp3) is 0.619. The van der Waals surface area contributed by atoms with Crippen LogP contribution in [0, 0.1) is 11.2 Å². The first-order valence-electron chi connectivity index (χ1n) is 10.7. The molecule has 0 radical (unpaired) electrons. The van der Waals surface area contributed by atoms with Crippen LogP contribution in [0.25, 0.3) is 0 Å². The van der Waals surface area contributed by atoms with Crippen molar-refractivity contribution in [2.45, 2.75) is 57.1 Å². The lowest BCUT2D eigenvalue weighted by Crippen LogP contribution is -2.58. The van der Waals surface area contributed by atoms with Gasteiger partial charge in [0.2, 0.25) is 0 Å². The highest BCUT2D eigenvalue weighted by atomic mass is 19.4. The van der Waals surface area contributed by atoms with E-state index in [1.807, 2.05) is 4.90 Å². The first-order chi connectivity index (χ1) is 15.1. The van der Waals surface area contributed by atoms with Crippen LogP contribution in [-0.2, 0) is 6.54 Å². The van der Waals surface area contributed by atoms with Crippen molar-refractivity contribution < 1.29 is 31.9 Å². The van der Waals surface area contributed by atoms with Crippen LogP contribution in [0.1, 0.15) is 37.7 Å². The third-order valence-electron chi connectivity index (χ3n) is 6.34. The summed E-state index contributed by atoms with van der Waals surface area (Å²) in [7, 11) is 1.59. The van der Waals surface area contributed by atoms with E-state index in [-0.39, 0.29) is 41.7 Å². The number of alkyl halides is 3. The normalized spacial score (nSPS) is 21.8. The minimum Gasteiger partial charge on any atom is -0.406 e. The predicted molar refractivity (Wildman–Crippen MR) is 106 cm³/mol. The van der Waals surface area contributed by atoms with E-state index in [9.17, 15) is 27.2 Å². The third kappa shape index (κ3) is 5.18. The Morgan fingerprint density at radius 3 is 2.53 bits per heavy atom. The van der Waals surface area contributed by atoms with Gasteiger partial charge < -0.3 is 25.2 Å². The summed E-state index contributed by atoms with van der Waals surface area (Å²) in [5.74, 6) is -1.56. The molecular weight excluding hydrogens is 432 g/mol. The van der Waals surface area contributed by atoms with Crippen molar-refractivity contribution in [1.82, 2.24) is 20.4 Å². The molecule has 7 nitrogen and oxygen atoms in total. The van der Waals surface area contributed by atoms with Crippen molar-refractivity contribution in [3.8, 4) is 5.75 Å². The topological polar surface area (TPSA) is 73.9 Å². The summed E-state index contributed by atoms with van der Waals surface area (Å²) in [6, 6.07) is 2.39. The van der Waals surface area contributed by atoms with E-state index in [1.165, 1.54) is 0 Å². The molecule has 1 unspecified atom stereocenters. The molecule has 32 heavy (non-hydrogen) atoms. The van der Waals surface area contributed by atoms with Gasteiger partial charge in [0.1, 0.15) is 11.6 Å². The molecule has 1 aromatic carbocycles. The van der Waals surface area contributed by atoms with Crippen molar-refractivity contribution in [1.29, 1.82) is 0 Å². The van der Waals surface area contributed by atoms with Crippen LogP contribution < -0.4 is 15.4 Å². The van der Waals surface area contributed by atoms with E-state index in [1.54, 1.807) is 11.9 Å². The highest BCUT2D eigenvalue weighted by Crippen LogP contribution is 2.53. The lowest BCUT2D eigenvalue weighted by molar-refractivity contribution is -0.274. The molecule has 1 aliphatic heterocycles. The van der Waals surface area contributed by atoms with Gasteiger partial charge >= 0.3 is 18.4 Å². The highest BCUT2D eigenvalue weighted by molar-refractivity contribution is 5.76. The zero-order chi connectivity index (χ0) is 23.1. The highest BCUT2D eigenvalue weighted by Gasteiger charge is 2.52. The van der Waals surface area contributed by atoms with Gasteiger partial charge in [-0.25, -0.2) is 14.0 Å². The maximum absolute atomic E-state index is 14.2. The molecule has 0 aromatic heterocycles. The fourth-order valence-electron chi connectivity index (χ4n) is 4.50. The lowest BCUT2D eigenvalue weighted by Gasteiger charge is -2.43. The number of amides is 4. The van der Waals surface area contributed by atoms with Crippen molar-refractivity contribution in [2.24, 2.45) is 5.41 Å². The van der Waals surface area contributed by atoms with Crippen LogP contribution >= 0.6 is 0 Å². The quantitative estimate of drug-likeness (QED) is 0.663. The van der Waals surface area contributed by atoms with Gasteiger partial charge in [0.25, 0.3) is 0 Å². The van der Waals surface area contributed by atoms with Gasteiger partial charge in [0.05, 0.1) is 6.04 Å². The SMILES string of the molecule is CNC(=O)N(C1CC1)C1CN(C(=O)NCc2ccc(OC(F)(F)F)cc2F)CC2(CC2)C1. The minimum atomic E-state index is -4.91. The van der Waals surface area contributed by atoms with Gasteiger partial charge in [-0.05, 0) is 43.6 Å². The van der Waals surface area contributed by atoms with Crippen LogP contribution in [0.4, 0.5) is 27.2 Å². The summed E-state index contributed by atoms with van der Waals surface area (Å²) in [5.41, 5.74) is 0.0658. The molecule has 3 fully saturated rings. The molecule has 4 amide bonds. The van der Waals surface area contributed by atoms with Crippen LogP contribution in [0.15, 0.2) is 18.2 Å². The number of benzene rings is 1. The van der Waals surface area contributed by atoms with Crippen molar-refractivity contribution >= 4 is 12.1 Å². The molecule has 11 heteroatoms. The van der Waals surface area contributed by atoms with E-state index in [0.29, 0.717) is 19.2 Å². The van der Waals surface area contributed by atoms with Crippen LogP contribution in [0.2, 0.25) is 0 Å². The summed E-state index contributed by atoms with van der Waals surface area (Å²) >= 11 is 0. The van der Waals surface area contributed by atoms with Gasteiger partial charge in [0.15, 0.2) is 0 Å². The second kappa shape index (κ2) is 8.32. The van der Waals surface area contributed by atoms with Gasteiger partial charge in [-0.15, -0.1) is 13.2 Å².